The van der Waals surface area contributed by atoms with Crippen LogP contribution < -0.4 is 10.2 Å². The third-order valence-corrected chi connectivity index (χ3v) is 7.34. The number of benzene rings is 2. The van der Waals surface area contributed by atoms with Crippen LogP contribution in [0.15, 0.2) is 58.0 Å². The number of carbonyl (C=O) groups is 2. The molecule has 2 aliphatic rings. The van der Waals surface area contributed by atoms with Crippen molar-refractivity contribution in [1.82, 2.24) is 10.4 Å². The van der Waals surface area contributed by atoms with Gasteiger partial charge in [-0.3, -0.25) is 15.0 Å². The summed E-state index contributed by atoms with van der Waals surface area (Å²) in [6.45, 7) is 7.92. The minimum atomic E-state index is -1.47. The monoisotopic (exact) mass is 631 g/mol. The number of ether oxygens (including phenoxy) is 4. The number of aliphatic imine (C=N–C) groups is 1. The molecule has 2 heterocycles. The van der Waals surface area contributed by atoms with Crippen molar-refractivity contribution in [3.63, 3.8) is 0 Å². The Morgan fingerprint density at radius 1 is 1.15 bits per heavy atom. The lowest BCUT2D eigenvalue weighted by Crippen LogP contribution is -2.56. The zero-order valence-electron chi connectivity index (χ0n) is 23.7. The molecule has 2 aliphatic heterocycles. The summed E-state index contributed by atoms with van der Waals surface area (Å²) >= 11 is 3.63. The van der Waals surface area contributed by atoms with Crippen molar-refractivity contribution in [1.29, 1.82) is 0 Å². The number of hydrogen-bond acceptors (Lipinski definition) is 9. The number of nitrogens with zero attached hydrogens (tertiary/aromatic N) is 2. The van der Waals surface area contributed by atoms with E-state index >= 15 is 0 Å². The molecular weight excluding hydrogens is 594 g/mol. The van der Waals surface area contributed by atoms with Gasteiger partial charge < -0.3 is 24.1 Å². The highest BCUT2D eigenvalue weighted by Gasteiger charge is 2.54. The molecule has 2 aromatic rings. The first-order valence-corrected chi connectivity index (χ1v) is 14.6. The smallest absolute Gasteiger partial charge is 0.306 e. The average molecular weight is 633 g/mol. The first-order valence-electron chi connectivity index (χ1n) is 13.8. The molecule has 0 aliphatic carbocycles. The SMILES string of the molecule is CC(C)(C)OC(=O)CC[C@]1(C(=O)NN2CCOCC2)N=C(c2ccc(OCCCO)cc2)O[C@H]1c1ccccc1Br. The zero-order chi connectivity index (χ0) is 29.5. The van der Waals surface area contributed by atoms with E-state index in [2.05, 4.69) is 21.4 Å². The molecule has 2 N–H and O–H groups in total. The lowest BCUT2D eigenvalue weighted by molar-refractivity contribution is -0.155. The van der Waals surface area contributed by atoms with Gasteiger partial charge in [-0.2, -0.15) is 0 Å². The standard InChI is InChI=1S/C30H38BrN3O7/c1-29(2,3)41-25(36)13-14-30(28(37)33-34-15-19-38-20-16-34)26(23-7-4-5-8-24(23)31)40-27(32-30)21-9-11-22(12-10-21)39-18-6-17-35/h4-5,7-12,26,35H,6,13-20H2,1-3H3,(H,33,37)/t26-,30-/m0/s1. The molecular formula is C30H38BrN3O7. The first kappa shape index (κ1) is 31.0. The predicted octanol–water partition coefficient (Wildman–Crippen LogP) is 3.95. The highest BCUT2D eigenvalue weighted by molar-refractivity contribution is 9.10. The van der Waals surface area contributed by atoms with Crippen molar-refractivity contribution in [2.45, 2.75) is 57.3 Å². The number of rotatable bonds is 11. The molecule has 1 saturated heterocycles. The summed E-state index contributed by atoms with van der Waals surface area (Å²) in [6.07, 6.45) is -0.261. The Bertz CT molecular complexity index is 1230. The van der Waals surface area contributed by atoms with Crippen LogP contribution in [0.3, 0.4) is 0 Å². The van der Waals surface area contributed by atoms with Crippen LogP contribution in [0.1, 0.15) is 57.3 Å². The normalized spacial score (nSPS) is 21.1. The predicted molar refractivity (Wildman–Crippen MR) is 156 cm³/mol. The fourth-order valence-electron chi connectivity index (χ4n) is 4.64. The molecule has 0 saturated carbocycles. The summed E-state index contributed by atoms with van der Waals surface area (Å²) in [4.78, 5) is 32.0. The third kappa shape index (κ3) is 8.06. The lowest BCUT2D eigenvalue weighted by Gasteiger charge is -2.34. The molecule has 1 amide bonds. The number of nitrogens with one attached hydrogen (secondary N) is 1. The van der Waals surface area contributed by atoms with Crippen LogP contribution in [0.4, 0.5) is 0 Å². The van der Waals surface area contributed by atoms with Gasteiger partial charge in [-0.1, -0.05) is 34.1 Å². The molecule has 1 fully saturated rings. The van der Waals surface area contributed by atoms with Gasteiger partial charge in [0.15, 0.2) is 11.6 Å². The van der Waals surface area contributed by atoms with Gasteiger partial charge in [0.25, 0.3) is 5.91 Å². The number of hydrogen-bond donors (Lipinski definition) is 2. The molecule has 2 aromatic carbocycles. The van der Waals surface area contributed by atoms with E-state index in [9.17, 15) is 9.59 Å². The number of aliphatic hydroxyl groups excluding tert-OH is 1. The van der Waals surface area contributed by atoms with E-state index in [-0.39, 0.29) is 31.3 Å². The topological polar surface area (TPSA) is 119 Å². The second-order valence-electron chi connectivity index (χ2n) is 10.9. The molecule has 10 nitrogen and oxygen atoms in total. The van der Waals surface area contributed by atoms with Gasteiger partial charge in [-0.25, -0.2) is 10.0 Å². The second kappa shape index (κ2) is 13.8. The van der Waals surface area contributed by atoms with E-state index in [4.69, 9.17) is 29.0 Å². The number of amides is 1. The number of halogens is 1. The van der Waals surface area contributed by atoms with Gasteiger partial charge in [0.2, 0.25) is 5.90 Å². The van der Waals surface area contributed by atoms with Crippen molar-refractivity contribution < 1.29 is 33.6 Å². The average Bonchev–Trinajstić information content (AvgIpc) is 3.33. The highest BCUT2D eigenvalue weighted by atomic mass is 79.9. The summed E-state index contributed by atoms with van der Waals surface area (Å²) in [5.74, 6) is 0.135. The quantitative estimate of drug-likeness (QED) is 0.283. The fraction of sp³-hybridized carbons (Fsp3) is 0.500. The number of esters is 1. The third-order valence-electron chi connectivity index (χ3n) is 6.62. The number of hydrazine groups is 1. The van der Waals surface area contributed by atoms with Gasteiger partial charge in [0.1, 0.15) is 11.4 Å². The molecule has 4 rings (SSSR count). The van der Waals surface area contributed by atoms with E-state index in [0.29, 0.717) is 50.6 Å². The molecule has 0 bridgehead atoms. The van der Waals surface area contributed by atoms with Crippen LogP contribution in [-0.4, -0.2) is 78.5 Å². The van der Waals surface area contributed by atoms with Crippen LogP contribution >= 0.6 is 15.9 Å². The Morgan fingerprint density at radius 3 is 2.51 bits per heavy atom. The Labute approximate surface area is 249 Å². The van der Waals surface area contributed by atoms with Gasteiger partial charge in [0.05, 0.1) is 19.8 Å². The van der Waals surface area contributed by atoms with E-state index in [1.807, 2.05) is 62.2 Å². The van der Waals surface area contributed by atoms with Crippen molar-refractivity contribution in [3.8, 4) is 5.75 Å². The number of morpholine rings is 1. The van der Waals surface area contributed by atoms with E-state index in [1.165, 1.54) is 0 Å². The Balaban J connectivity index is 1.72. The van der Waals surface area contributed by atoms with Crippen molar-refractivity contribution in [3.05, 3.63) is 64.1 Å². The van der Waals surface area contributed by atoms with E-state index in [1.54, 1.807) is 12.1 Å². The van der Waals surface area contributed by atoms with Crippen molar-refractivity contribution in [2.75, 3.05) is 39.5 Å². The van der Waals surface area contributed by atoms with Crippen LogP contribution in [-0.2, 0) is 23.8 Å². The molecule has 41 heavy (non-hydrogen) atoms. The summed E-state index contributed by atoms with van der Waals surface area (Å²) in [5, 5.41) is 10.8. The first-order chi connectivity index (χ1) is 19.6. The number of carbonyl (C=O) groups excluding carboxylic acids is 2. The second-order valence-corrected chi connectivity index (χ2v) is 11.8. The van der Waals surface area contributed by atoms with Gasteiger partial charge >= 0.3 is 5.97 Å². The number of aliphatic hydroxyl groups is 1. The molecule has 0 unspecified atom stereocenters. The Hall–Kier alpha value is -2.99. The summed E-state index contributed by atoms with van der Waals surface area (Å²) in [6, 6.07) is 14.7. The van der Waals surface area contributed by atoms with Gasteiger partial charge in [-0.05, 0) is 57.5 Å². The maximum Gasteiger partial charge on any atom is 0.306 e. The van der Waals surface area contributed by atoms with Crippen molar-refractivity contribution in [2.24, 2.45) is 4.99 Å². The summed E-state index contributed by atoms with van der Waals surface area (Å²) in [7, 11) is 0. The van der Waals surface area contributed by atoms with Crippen LogP contribution in [0.5, 0.6) is 5.75 Å². The Morgan fingerprint density at radius 2 is 1.85 bits per heavy atom. The fourth-order valence-corrected chi connectivity index (χ4v) is 5.13. The molecule has 0 radical (unpaired) electrons. The van der Waals surface area contributed by atoms with Crippen LogP contribution in [0, 0.1) is 0 Å². The summed E-state index contributed by atoms with van der Waals surface area (Å²) in [5.41, 5.74) is 2.29. The zero-order valence-corrected chi connectivity index (χ0v) is 25.3. The molecule has 11 heteroatoms. The van der Waals surface area contributed by atoms with Gasteiger partial charge in [-0.15, -0.1) is 0 Å². The van der Waals surface area contributed by atoms with Gasteiger partial charge in [0, 0.05) is 48.1 Å². The maximum absolute atomic E-state index is 14.2. The lowest BCUT2D eigenvalue weighted by atomic mass is 9.83. The van der Waals surface area contributed by atoms with E-state index in [0.717, 1.165) is 10.0 Å². The molecule has 0 spiro atoms. The van der Waals surface area contributed by atoms with E-state index < -0.39 is 23.2 Å². The Kier molecular flexibility index (Phi) is 10.4. The minimum absolute atomic E-state index is 0.0352. The van der Waals surface area contributed by atoms with Crippen LogP contribution in [0.2, 0.25) is 0 Å². The molecule has 0 aromatic heterocycles. The maximum atomic E-state index is 14.2. The van der Waals surface area contributed by atoms with Crippen LogP contribution in [0.25, 0.3) is 0 Å². The molecule has 2 atom stereocenters. The largest absolute Gasteiger partial charge is 0.494 e. The summed E-state index contributed by atoms with van der Waals surface area (Å²) < 4.78 is 23.9. The highest BCUT2D eigenvalue weighted by Crippen LogP contribution is 2.45. The molecule has 222 valence electrons. The van der Waals surface area contributed by atoms with Crippen molar-refractivity contribution >= 4 is 33.7 Å². The minimum Gasteiger partial charge on any atom is -0.494 e.